The molecule has 3 atom stereocenters. The van der Waals surface area contributed by atoms with Crippen molar-refractivity contribution in [2.45, 2.75) is 64.4 Å². The fraction of sp³-hybridized carbons (Fsp3) is 0.500. The molecule has 2 aliphatic carbocycles. The maximum atomic E-state index is 14.2. The molecule has 1 aromatic carbocycles. The van der Waals surface area contributed by atoms with Crippen LogP contribution < -0.4 is 5.32 Å². The van der Waals surface area contributed by atoms with Crippen LogP contribution in [0.15, 0.2) is 46.8 Å². The van der Waals surface area contributed by atoms with E-state index in [9.17, 15) is 18.8 Å². The molecule has 1 aliphatic heterocycles. The summed E-state index contributed by atoms with van der Waals surface area (Å²) in [4.78, 5) is 39.5. The summed E-state index contributed by atoms with van der Waals surface area (Å²) < 4.78 is 25.0. The van der Waals surface area contributed by atoms with Crippen LogP contribution in [0.5, 0.6) is 0 Å². The predicted molar refractivity (Wildman–Crippen MR) is 119 cm³/mol. The van der Waals surface area contributed by atoms with E-state index in [1.165, 1.54) is 19.2 Å². The smallest absolute Gasteiger partial charge is 0.337 e. The molecular formula is C26H30FNO5. The van der Waals surface area contributed by atoms with Crippen molar-refractivity contribution in [3.8, 4) is 0 Å². The minimum Gasteiger partial charge on any atom is -0.468 e. The highest BCUT2D eigenvalue weighted by Gasteiger charge is 2.47. The monoisotopic (exact) mass is 455 g/mol. The molecule has 176 valence electrons. The average molecular weight is 456 g/mol. The summed E-state index contributed by atoms with van der Waals surface area (Å²) in [6.07, 6.45) is 5.04. The van der Waals surface area contributed by atoms with Gasteiger partial charge < -0.3 is 14.8 Å². The van der Waals surface area contributed by atoms with Gasteiger partial charge in [0.05, 0.1) is 12.7 Å². The Morgan fingerprint density at radius 3 is 2.55 bits per heavy atom. The van der Waals surface area contributed by atoms with Gasteiger partial charge in [0.1, 0.15) is 17.8 Å². The number of carbonyl (C=O) groups excluding carboxylic acids is 3. The minimum atomic E-state index is -0.972. The Bertz CT molecular complexity index is 1040. The van der Waals surface area contributed by atoms with Gasteiger partial charge in [0.25, 0.3) is 0 Å². The van der Waals surface area contributed by atoms with Gasteiger partial charge in [0.15, 0.2) is 5.78 Å². The Morgan fingerprint density at radius 2 is 1.88 bits per heavy atom. The molecule has 0 aromatic heterocycles. The molecule has 0 spiro atoms. The maximum absolute atomic E-state index is 14.2. The first-order chi connectivity index (χ1) is 15.8. The van der Waals surface area contributed by atoms with Crippen LogP contribution in [0.4, 0.5) is 4.39 Å². The van der Waals surface area contributed by atoms with Gasteiger partial charge in [0.2, 0.25) is 0 Å². The molecule has 1 fully saturated rings. The third-order valence-corrected chi connectivity index (χ3v) is 6.97. The van der Waals surface area contributed by atoms with Crippen molar-refractivity contribution >= 4 is 17.7 Å². The second-order valence-electron chi connectivity index (χ2n) is 9.26. The molecule has 0 amide bonds. The van der Waals surface area contributed by atoms with Crippen LogP contribution in [-0.2, 0) is 23.9 Å². The molecule has 0 saturated heterocycles. The summed E-state index contributed by atoms with van der Waals surface area (Å²) in [5.74, 6) is -4.03. The maximum Gasteiger partial charge on any atom is 0.337 e. The van der Waals surface area contributed by atoms with Crippen LogP contribution in [0.25, 0.3) is 0 Å². The Labute approximate surface area is 193 Å². The highest BCUT2D eigenvalue weighted by atomic mass is 19.1. The first kappa shape index (κ1) is 23.2. The zero-order valence-corrected chi connectivity index (χ0v) is 19.3. The number of benzene rings is 1. The number of ether oxygens (including phenoxy) is 2. The fourth-order valence-corrected chi connectivity index (χ4v) is 5.37. The van der Waals surface area contributed by atoms with Crippen molar-refractivity contribution in [1.29, 1.82) is 0 Å². The van der Waals surface area contributed by atoms with Gasteiger partial charge in [0, 0.05) is 22.9 Å². The minimum absolute atomic E-state index is 0.167. The quantitative estimate of drug-likeness (QED) is 0.538. The van der Waals surface area contributed by atoms with E-state index in [0.717, 1.165) is 32.1 Å². The molecular weight excluding hydrogens is 425 g/mol. The number of methoxy groups -OCH3 is 1. The number of rotatable bonds is 4. The normalized spacial score (nSPS) is 25.9. The van der Waals surface area contributed by atoms with Crippen molar-refractivity contribution in [3.63, 3.8) is 0 Å². The van der Waals surface area contributed by atoms with Crippen molar-refractivity contribution in [3.05, 3.63) is 58.2 Å². The highest BCUT2D eigenvalue weighted by Crippen LogP contribution is 2.45. The lowest BCUT2D eigenvalue weighted by Crippen LogP contribution is -2.43. The first-order valence-electron chi connectivity index (χ1n) is 11.6. The number of dihydropyridines is 1. The van der Waals surface area contributed by atoms with E-state index in [4.69, 9.17) is 9.47 Å². The van der Waals surface area contributed by atoms with Gasteiger partial charge >= 0.3 is 11.9 Å². The second kappa shape index (κ2) is 9.49. The number of carbonyl (C=O) groups is 3. The van der Waals surface area contributed by atoms with Crippen LogP contribution in [0.1, 0.15) is 63.9 Å². The van der Waals surface area contributed by atoms with Crippen molar-refractivity contribution in [2.24, 2.45) is 11.8 Å². The number of Topliss-reactive ketones (excluding diaryl/α,β-unsaturated/α-hetero) is 1. The Balaban J connectivity index is 1.78. The summed E-state index contributed by atoms with van der Waals surface area (Å²) in [6.45, 7) is 3.60. The SMILES string of the molecule is COC(=O)[C@H]1C(=O)C2=C(C[C@@H]1C)NC(C)=C(C(=O)OC1CCCCC1)[C@@H]2c1cccc(F)c1. The van der Waals surface area contributed by atoms with Crippen LogP contribution in [0, 0.1) is 17.7 Å². The Morgan fingerprint density at radius 1 is 1.15 bits per heavy atom. The Kier molecular flexibility index (Phi) is 6.68. The number of hydrogen-bond acceptors (Lipinski definition) is 6. The van der Waals surface area contributed by atoms with Crippen LogP contribution >= 0.6 is 0 Å². The molecule has 3 aliphatic rings. The number of nitrogens with one attached hydrogen (secondary N) is 1. The van der Waals surface area contributed by atoms with Crippen LogP contribution in [0.2, 0.25) is 0 Å². The molecule has 1 N–H and O–H groups in total. The van der Waals surface area contributed by atoms with Gasteiger partial charge in [-0.15, -0.1) is 0 Å². The molecule has 33 heavy (non-hydrogen) atoms. The lowest BCUT2D eigenvalue weighted by atomic mass is 9.69. The van der Waals surface area contributed by atoms with E-state index >= 15 is 0 Å². The number of halogens is 1. The number of ketones is 1. The van der Waals surface area contributed by atoms with Gasteiger partial charge in [-0.1, -0.05) is 25.5 Å². The second-order valence-corrected chi connectivity index (χ2v) is 9.26. The fourth-order valence-electron chi connectivity index (χ4n) is 5.37. The van der Waals surface area contributed by atoms with Crippen molar-refractivity contribution in [2.75, 3.05) is 7.11 Å². The number of hydrogen-bond donors (Lipinski definition) is 1. The molecule has 1 heterocycles. The molecule has 1 saturated carbocycles. The lowest BCUT2D eigenvalue weighted by Gasteiger charge is -2.38. The van der Waals surface area contributed by atoms with E-state index in [2.05, 4.69) is 5.32 Å². The summed E-state index contributed by atoms with van der Waals surface area (Å²) >= 11 is 0. The molecule has 0 unspecified atom stereocenters. The van der Waals surface area contributed by atoms with E-state index in [0.29, 0.717) is 29.0 Å². The van der Waals surface area contributed by atoms with Gasteiger partial charge in [-0.3, -0.25) is 9.59 Å². The molecule has 0 radical (unpaired) electrons. The van der Waals surface area contributed by atoms with E-state index in [1.807, 2.05) is 6.92 Å². The summed E-state index contributed by atoms with van der Waals surface area (Å²) in [5.41, 5.74) is 2.33. The van der Waals surface area contributed by atoms with Crippen molar-refractivity contribution < 1.29 is 28.2 Å². The zero-order chi connectivity index (χ0) is 23.7. The third-order valence-electron chi connectivity index (χ3n) is 6.97. The molecule has 0 bridgehead atoms. The largest absolute Gasteiger partial charge is 0.468 e. The summed E-state index contributed by atoms with van der Waals surface area (Å²) in [6, 6.07) is 5.90. The molecule has 4 rings (SSSR count). The van der Waals surface area contributed by atoms with E-state index < -0.39 is 35.4 Å². The first-order valence-corrected chi connectivity index (χ1v) is 11.6. The van der Waals surface area contributed by atoms with Gasteiger partial charge in [-0.2, -0.15) is 0 Å². The summed E-state index contributed by atoms with van der Waals surface area (Å²) in [7, 11) is 1.26. The van der Waals surface area contributed by atoms with E-state index in [-0.39, 0.29) is 17.6 Å². The highest BCUT2D eigenvalue weighted by molar-refractivity contribution is 6.12. The number of allylic oxidation sites excluding steroid dienone is 3. The lowest BCUT2D eigenvalue weighted by molar-refractivity contribution is -0.151. The predicted octanol–water partition coefficient (Wildman–Crippen LogP) is 4.31. The molecule has 7 heteroatoms. The molecule has 1 aromatic rings. The standard InChI is InChI=1S/C26H30FNO5/c1-14-12-19-23(24(29)20(14)25(30)32-3)22(16-8-7-9-17(27)13-16)21(15(2)28-19)26(31)33-18-10-5-4-6-11-18/h7-9,13-14,18,20,22,28H,4-6,10-12H2,1-3H3/t14-,20+,22-/m0/s1. The van der Waals surface area contributed by atoms with Crippen LogP contribution in [-0.4, -0.2) is 30.9 Å². The third kappa shape index (κ3) is 4.45. The number of esters is 2. The van der Waals surface area contributed by atoms with Gasteiger partial charge in [-0.25, -0.2) is 9.18 Å². The average Bonchev–Trinajstić information content (AvgIpc) is 2.78. The van der Waals surface area contributed by atoms with Crippen LogP contribution in [0.3, 0.4) is 0 Å². The summed E-state index contributed by atoms with van der Waals surface area (Å²) in [5, 5.41) is 3.23. The van der Waals surface area contributed by atoms with Gasteiger partial charge in [-0.05, 0) is 62.6 Å². The Hall–Kier alpha value is -2.96. The topological polar surface area (TPSA) is 81.7 Å². The molecule has 6 nitrogen and oxygen atoms in total. The van der Waals surface area contributed by atoms with Crippen molar-refractivity contribution in [1.82, 2.24) is 5.32 Å². The zero-order valence-electron chi connectivity index (χ0n) is 19.3. The van der Waals surface area contributed by atoms with E-state index in [1.54, 1.807) is 19.1 Å².